The van der Waals surface area contributed by atoms with E-state index in [9.17, 15) is 9.90 Å². The van der Waals surface area contributed by atoms with Crippen LogP contribution in [0.15, 0.2) is 30.3 Å². The van der Waals surface area contributed by atoms with Crippen molar-refractivity contribution in [3.63, 3.8) is 0 Å². The van der Waals surface area contributed by atoms with Crippen LogP contribution in [0.25, 0.3) is 11.3 Å². The van der Waals surface area contributed by atoms with Gasteiger partial charge in [0.25, 0.3) is 5.91 Å². The van der Waals surface area contributed by atoms with Crippen LogP contribution in [0.1, 0.15) is 36.7 Å². The molecule has 0 radical (unpaired) electrons. The second-order valence-electron chi connectivity index (χ2n) is 6.48. The number of nitrogens with zero attached hydrogens (tertiary/aromatic N) is 2. The molecule has 0 spiro atoms. The Labute approximate surface area is 146 Å². The molecule has 128 valence electrons. The molecule has 0 unspecified atom stereocenters. The molecule has 2 heterocycles. The fraction of sp³-hybridized carbons (Fsp3) is 0.444. The first-order valence-electron chi connectivity index (χ1n) is 8.28. The fourth-order valence-electron chi connectivity index (χ4n) is 3.18. The number of likely N-dealkylation sites (tertiary alicyclic amines) is 1. The standard InChI is InChI=1S/C18H22ClN3O2/c1-2-18(12-23)7-9-22(10-8-18)17(24)16-11-15(20-21-16)13-3-5-14(19)6-4-13/h3-6,11,23H,2,7-10,12H2,1H3,(H,20,21). The molecule has 1 saturated heterocycles. The number of H-pyrrole nitrogens is 1. The number of benzene rings is 1. The van der Waals surface area contributed by atoms with Crippen LogP contribution in [0.4, 0.5) is 0 Å². The Bertz CT molecular complexity index is 697. The van der Waals surface area contributed by atoms with E-state index < -0.39 is 0 Å². The third-order valence-electron chi connectivity index (χ3n) is 5.14. The van der Waals surface area contributed by atoms with Gasteiger partial charge in [0.05, 0.1) is 5.69 Å². The van der Waals surface area contributed by atoms with E-state index in [2.05, 4.69) is 17.1 Å². The highest BCUT2D eigenvalue weighted by Gasteiger charge is 2.34. The molecule has 0 aliphatic carbocycles. The van der Waals surface area contributed by atoms with Gasteiger partial charge in [0, 0.05) is 30.3 Å². The first-order chi connectivity index (χ1) is 11.6. The van der Waals surface area contributed by atoms with E-state index in [4.69, 9.17) is 11.6 Å². The minimum atomic E-state index is -0.0367. The lowest BCUT2D eigenvalue weighted by Crippen LogP contribution is -2.44. The summed E-state index contributed by atoms with van der Waals surface area (Å²) in [6.45, 7) is 3.63. The SMILES string of the molecule is CCC1(CO)CCN(C(=O)c2cc(-c3ccc(Cl)cc3)n[nH]2)CC1. The van der Waals surface area contributed by atoms with Crippen molar-refractivity contribution in [1.29, 1.82) is 0 Å². The summed E-state index contributed by atoms with van der Waals surface area (Å²) in [6.07, 6.45) is 2.62. The molecule has 2 aromatic rings. The van der Waals surface area contributed by atoms with Gasteiger partial charge in [-0.3, -0.25) is 9.89 Å². The van der Waals surface area contributed by atoms with Gasteiger partial charge in [-0.15, -0.1) is 0 Å². The molecular weight excluding hydrogens is 326 g/mol. The van der Waals surface area contributed by atoms with Crippen molar-refractivity contribution in [2.75, 3.05) is 19.7 Å². The van der Waals surface area contributed by atoms with Gasteiger partial charge < -0.3 is 10.0 Å². The average molecular weight is 348 g/mol. The Morgan fingerprint density at radius 2 is 2.00 bits per heavy atom. The van der Waals surface area contributed by atoms with Crippen LogP contribution in [-0.2, 0) is 0 Å². The molecule has 0 atom stereocenters. The highest BCUT2D eigenvalue weighted by Crippen LogP contribution is 2.34. The Morgan fingerprint density at radius 1 is 1.33 bits per heavy atom. The molecule has 1 fully saturated rings. The summed E-state index contributed by atoms with van der Waals surface area (Å²) in [6, 6.07) is 9.14. The van der Waals surface area contributed by atoms with Crippen LogP contribution in [0.3, 0.4) is 0 Å². The van der Waals surface area contributed by atoms with Crippen LogP contribution in [0.2, 0.25) is 5.02 Å². The zero-order chi connectivity index (χ0) is 17.2. The number of hydrogen-bond acceptors (Lipinski definition) is 3. The van der Waals surface area contributed by atoms with Crippen molar-refractivity contribution in [2.24, 2.45) is 5.41 Å². The number of halogens is 1. The number of rotatable bonds is 4. The van der Waals surface area contributed by atoms with Crippen molar-refractivity contribution < 1.29 is 9.90 Å². The predicted molar refractivity (Wildman–Crippen MR) is 94.0 cm³/mol. The molecular formula is C18H22ClN3O2. The number of aliphatic hydroxyl groups excluding tert-OH is 1. The molecule has 6 heteroatoms. The summed E-state index contributed by atoms with van der Waals surface area (Å²) in [5.41, 5.74) is 2.11. The van der Waals surface area contributed by atoms with E-state index in [-0.39, 0.29) is 17.9 Å². The molecule has 1 aliphatic rings. The molecule has 1 aromatic carbocycles. The van der Waals surface area contributed by atoms with Gasteiger partial charge in [0.15, 0.2) is 0 Å². The number of aromatic amines is 1. The van der Waals surface area contributed by atoms with Crippen molar-refractivity contribution in [1.82, 2.24) is 15.1 Å². The summed E-state index contributed by atoms with van der Waals surface area (Å²) in [7, 11) is 0. The lowest BCUT2D eigenvalue weighted by Gasteiger charge is -2.40. The largest absolute Gasteiger partial charge is 0.396 e. The van der Waals surface area contributed by atoms with Crippen molar-refractivity contribution in [2.45, 2.75) is 26.2 Å². The molecule has 1 amide bonds. The maximum absolute atomic E-state index is 12.7. The molecule has 5 nitrogen and oxygen atoms in total. The fourth-order valence-corrected chi connectivity index (χ4v) is 3.30. The first-order valence-corrected chi connectivity index (χ1v) is 8.66. The van der Waals surface area contributed by atoms with Crippen LogP contribution < -0.4 is 0 Å². The minimum absolute atomic E-state index is 0.0285. The van der Waals surface area contributed by atoms with Gasteiger partial charge in [-0.25, -0.2) is 0 Å². The van der Waals surface area contributed by atoms with Crippen LogP contribution in [0.5, 0.6) is 0 Å². The summed E-state index contributed by atoms with van der Waals surface area (Å²) in [5.74, 6) is -0.0367. The van der Waals surface area contributed by atoms with Crippen LogP contribution >= 0.6 is 11.6 Å². The number of aromatic nitrogens is 2. The highest BCUT2D eigenvalue weighted by atomic mass is 35.5. The molecule has 1 aliphatic heterocycles. The van der Waals surface area contributed by atoms with Crippen molar-refractivity contribution in [3.8, 4) is 11.3 Å². The molecule has 0 bridgehead atoms. The van der Waals surface area contributed by atoms with E-state index in [0.29, 0.717) is 23.8 Å². The van der Waals surface area contributed by atoms with Crippen molar-refractivity contribution >= 4 is 17.5 Å². The lowest BCUT2D eigenvalue weighted by atomic mass is 9.77. The Balaban J connectivity index is 1.69. The summed E-state index contributed by atoms with van der Waals surface area (Å²) >= 11 is 5.90. The second-order valence-corrected chi connectivity index (χ2v) is 6.91. The van der Waals surface area contributed by atoms with Gasteiger partial charge in [-0.1, -0.05) is 30.7 Å². The summed E-state index contributed by atoms with van der Waals surface area (Å²) in [4.78, 5) is 14.5. The number of aliphatic hydroxyl groups is 1. The smallest absolute Gasteiger partial charge is 0.271 e. The van der Waals surface area contributed by atoms with E-state index in [1.165, 1.54) is 0 Å². The van der Waals surface area contributed by atoms with E-state index in [1.807, 2.05) is 17.0 Å². The molecule has 24 heavy (non-hydrogen) atoms. The zero-order valence-electron chi connectivity index (χ0n) is 13.8. The van der Waals surface area contributed by atoms with Gasteiger partial charge in [-0.05, 0) is 42.9 Å². The Hall–Kier alpha value is -1.85. The van der Waals surface area contributed by atoms with E-state index in [1.54, 1.807) is 18.2 Å². The average Bonchev–Trinajstić information content (AvgIpc) is 3.12. The molecule has 3 rings (SSSR count). The summed E-state index contributed by atoms with van der Waals surface area (Å²) in [5, 5.41) is 17.4. The maximum atomic E-state index is 12.7. The molecule has 2 N–H and O–H groups in total. The third kappa shape index (κ3) is 3.32. The topological polar surface area (TPSA) is 69.2 Å². The Kier molecular flexibility index (Phi) is 4.92. The maximum Gasteiger partial charge on any atom is 0.271 e. The number of amides is 1. The normalized spacial score (nSPS) is 17.0. The second kappa shape index (κ2) is 6.95. The molecule has 1 aromatic heterocycles. The molecule has 0 saturated carbocycles. The van der Waals surface area contributed by atoms with E-state index in [0.717, 1.165) is 30.5 Å². The quantitative estimate of drug-likeness (QED) is 0.891. The Morgan fingerprint density at radius 3 is 2.58 bits per heavy atom. The van der Waals surface area contributed by atoms with Gasteiger partial charge in [0.1, 0.15) is 5.69 Å². The number of carbonyl (C=O) groups excluding carboxylic acids is 1. The van der Waals surface area contributed by atoms with E-state index >= 15 is 0 Å². The predicted octanol–water partition coefficient (Wildman–Crippen LogP) is 3.35. The highest BCUT2D eigenvalue weighted by molar-refractivity contribution is 6.30. The number of piperidine rings is 1. The van der Waals surface area contributed by atoms with Gasteiger partial charge in [0.2, 0.25) is 0 Å². The number of hydrogen-bond donors (Lipinski definition) is 2. The van der Waals surface area contributed by atoms with Crippen LogP contribution in [-0.4, -0.2) is 45.8 Å². The van der Waals surface area contributed by atoms with Crippen molar-refractivity contribution in [3.05, 3.63) is 41.0 Å². The van der Waals surface area contributed by atoms with Gasteiger partial charge >= 0.3 is 0 Å². The number of nitrogens with one attached hydrogen (secondary N) is 1. The monoisotopic (exact) mass is 347 g/mol. The number of carbonyl (C=O) groups is 1. The lowest BCUT2D eigenvalue weighted by molar-refractivity contribution is 0.0334. The minimum Gasteiger partial charge on any atom is -0.396 e. The van der Waals surface area contributed by atoms with Crippen LogP contribution in [0, 0.1) is 5.41 Å². The summed E-state index contributed by atoms with van der Waals surface area (Å²) < 4.78 is 0. The first kappa shape index (κ1) is 17.0. The van der Waals surface area contributed by atoms with Gasteiger partial charge in [-0.2, -0.15) is 5.10 Å². The third-order valence-corrected chi connectivity index (χ3v) is 5.40. The zero-order valence-corrected chi connectivity index (χ0v) is 14.5.